The predicted octanol–water partition coefficient (Wildman–Crippen LogP) is 3.48. The lowest BCUT2D eigenvalue weighted by atomic mass is 10.2. The van der Waals surface area contributed by atoms with Crippen molar-refractivity contribution in [3.8, 4) is 11.5 Å². The molecule has 0 saturated heterocycles. The molecule has 104 valence electrons. The number of ether oxygens (including phenoxy) is 1. The second-order valence-corrected chi connectivity index (χ2v) is 4.96. The Morgan fingerprint density at radius 3 is 2.55 bits per heavy atom. The Morgan fingerprint density at radius 2 is 1.95 bits per heavy atom. The SMILES string of the molecule is CN(C)c1cccc(Oc2ccc(C(=N)N)cc2Cl)c1. The van der Waals surface area contributed by atoms with E-state index in [1.807, 2.05) is 43.3 Å². The largest absolute Gasteiger partial charge is 0.456 e. The van der Waals surface area contributed by atoms with E-state index in [1.165, 1.54) is 0 Å². The Kier molecular flexibility index (Phi) is 4.15. The van der Waals surface area contributed by atoms with Crippen LogP contribution in [0.5, 0.6) is 11.5 Å². The number of amidine groups is 1. The van der Waals surface area contributed by atoms with Crippen LogP contribution in [0.15, 0.2) is 42.5 Å². The molecule has 5 heteroatoms. The molecule has 2 aromatic rings. The summed E-state index contributed by atoms with van der Waals surface area (Å²) in [4.78, 5) is 1.99. The van der Waals surface area contributed by atoms with Crippen LogP contribution in [0.2, 0.25) is 5.02 Å². The number of anilines is 1. The molecule has 2 aromatic carbocycles. The first-order chi connectivity index (χ1) is 9.47. The lowest BCUT2D eigenvalue weighted by Gasteiger charge is -2.14. The summed E-state index contributed by atoms with van der Waals surface area (Å²) in [5.74, 6) is 1.22. The Morgan fingerprint density at radius 1 is 1.20 bits per heavy atom. The molecule has 0 amide bonds. The highest BCUT2D eigenvalue weighted by molar-refractivity contribution is 6.32. The molecule has 0 heterocycles. The van der Waals surface area contributed by atoms with E-state index in [2.05, 4.69) is 0 Å². The van der Waals surface area contributed by atoms with Gasteiger partial charge in [0.25, 0.3) is 0 Å². The van der Waals surface area contributed by atoms with Crippen molar-refractivity contribution in [1.29, 1.82) is 5.41 Å². The minimum atomic E-state index is -0.0203. The highest BCUT2D eigenvalue weighted by Gasteiger charge is 2.07. The smallest absolute Gasteiger partial charge is 0.146 e. The zero-order valence-corrected chi connectivity index (χ0v) is 12.1. The molecule has 0 unspecified atom stereocenters. The normalized spacial score (nSPS) is 10.2. The topological polar surface area (TPSA) is 62.3 Å². The maximum Gasteiger partial charge on any atom is 0.146 e. The van der Waals surface area contributed by atoms with E-state index in [0.717, 1.165) is 5.69 Å². The average molecular weight is 290 g/mol. The molecule has 0 saturated carbocycles. The first-order valence-electron chi connectivity index (χ1n) is 6.06. The first-order valence-corrected chi connectivity index (χ1v) is 6.44. The molecule has 2 rings (SSSR count). The average Bonchev–Trinajstić information content (AvgIpc) is 2.41. The van der Waals surface area contributed by atoms with Crippen molar-refractivity contribution in [2.75, 3.05) is 19.0 Å². The van der Waals surface area contributed by atoms with Crippen molar-refractivity contribution in [2.24, 2.45) is 5.73 Å². The maximum atomic E-state index is 7.37. The van der Waals surface area contributed by atoms with Gasteiger partial charge in [-0.1, -0.05) is 17.7 Å². The van der Waals surface area contributed by atoms with Crippen LogP contribution in [-0.2, 0) is 0 Å². The zero-order chi connectivity index (χ0) is 14.7. The van der Waals surface area contributed by atoms with Gasteiger partial charge in [-0.15, -0.1) is 0 Å². The fourth-order valence-electron chi connectivity index (χ4n) is 1.70. The molecule has 3 N–H and O–H groups in total. The fourth-order valence-corrected chi connectivity index (χ4v) is 1.92. The second-order valence-electron chi connectivity index (χ2n) is 4.55. The molecule has 0 aromatic heterocycles. The molecule has 0 aliphatic carbocycles. The Labute approximate surface area is 123 Å². The van der Waals surface area contributed by atoms with Gasteiger partial charge in [0.2, 0.25) is 0 Å². The number of nitrogens with two attached hydrogens (primary N) is 1. The minimum absolute atomic E-state index is 0.0203. The number of rotatable bonds is 4. The number of nitrogens with one attached hydrogen (secondary N) is 1. The van der Waals surface area contributed by atoms with Crippen LogP contribution in [0.4, 0.5) is 5.69 Å². The molecule has 20 heavy (non-hydrogen) atoms. The molecular formula is C15H16ClN3O. The van der Waals surface area contributed by atoms with E-state index in [-0.39, 0.29) is 5.84 Å². The van der Waals surface area contributed by atoms with E-state index in [4.69, 9.17) is 27.5 Å². The molecule has 0 radical (unpaired) electrons. The van der Waals surface area contributed by atoms with Gasteiger partial charge < -0.3 is 15.4 Å². The number of nitrogen functional groups attached to an aromatic ring is 1. The summed E-state index contributed by atoms with van der Waals surface area (Å²) in [7, 11) is 3.93. The van der Waals surface area contributed by atoms with E-state index in [9.17, 15) is 0 Å². The van der Waals surface area contributed by atoms with E-state index in [0.29, 0.717) is 22.1 Å². The fraction of sp³-hybridized carbons (Fsp3) is 0.133. The van der Waals surface area contributed by atoms with Gasteiger partial charge in [0.05, 0.1) is 5.02 Å². The molecule has 0 aliphatic rings. The summed E-state index contributed by atoms with van der Waals surface area (Å²) in [6, 6.07) is 12.7. The van der Waals surface area contributed by atoms with Gasteiger partial charge in [0.15, 0.2) is 0 Å². The summed E-state index contributed by atoms with van der Waals surface area (Å²) >= 11 is 6.14. The predicted molar refractivity (Wildman–Crippen MR) is 83.3 cm³/mol. The third-order valence-electron chi connectivity index (χ3n) is 2.80. The molecule has 4 nitrogen and oxygen atoms in total. The van der Waals surface area contributed by atoms with Crippen LogP contribution >= 0.6 is 11.6 Å². The van der Waals surface area contributed by atoms with Crippen molar-refractivity contribution in [3.05, 3.63) is 53.1 Å². The minimum Gasteiger partial charge on any atom is -0.456 e. The van der Waals surface area contributed by atoms with E-state index >= 15 is 0 Å². The van der Waals surface area contributed by atoms with Gasteiger partial charge in [0, 0.05) is 31.4 Å². The summed E-state index contributed by atoms with van der Waals surface area (Å²) < 4.78 is 5.76. The quantitative estimate of drug-likeness (QED) is 0.669. The lowest BCUT2D eigenvalue weighted by molar-refractivity contribution is 0.483. The number of benzene rings is 2. The molecule has 0 spiro atoms. The van der Waals surface area contributed by atoms with E-state index in [1.54, 1.807) is 18.2 Å². The second kappa shape index (κ2) is 5.84. The first kappa shape index (κ1) is 14.2. The van der Waals surface area contributed by atoms with Crippen LogP contribution in [0, 0.1) is 5.41 Å². The Bertz CT molecular complexity index is 641. The van der Waals surface area contributed by atoms with Crippen molar-refractivity contribution in [1.82, 2.24) is 0 Å². The Hall–Kier alpha value is -2.20. The van der Waals surface area contributed by atoms with Gasteiger partial charge in [-0.2, -0.15) is 0 Å². The van der Waals surface area contributed by atoms with Gasteiger partial charge in [0.1, 0.15) is 17.3 Å². The van der Waals surface area contributed by atoms with Crippen LogP contribution in [0.25, 0.3) is 0 Å². The number of hydrogen-bond donors (Lipinski definition) is 2. The van der Waals surface area contributed by atoms with Crippen LogP contribution in [0.1, 0.15) is 5.56 Å². The maximum absolute atomic E-state index is 7.37. The van der Waals surface area contributed by atoms with Gasteiger partial charge in [-0.25, -0.2) is 0 Å². The lowest BCUT2D eigenvalue weighted by Crippen LogP contribution is -2.10. The molecule has 0 aliphatic heterocycles. The number of nitrogens with zero attached hydrogens (tertiary/aromatic N) is 1. The zero-order valence-electron chi connectivity index (χ0n) is 11.4. The summed E-state index contributed by atoms with van der Waals surface area (Å²) in [6.07, 6.45) is 0. The van der Waals surface area contributed by atoms with Gasteiger partial charge in [-0.3, -0.25) is 5.41 Å². The van der Waals surface area contributed by atoms with Crippen molar-refractivity contribution in [2.45, 2.75) is 0 Å². The standard InChI is InChI=1S/C15H16ClN3O/c1-19(2)11-4-3-5-12(9-11)20-14-7-6-10(15(17)18)8-13(14)16/h3-9H,1-2H3,(H3,17,18). The molecule has 0 fully saturated rings. The van der Waals surface area contributed by atoms with Crippen LogP contribution < -0.4 is 15.4 Å². The van der Waals surface area contributed by atoms with Crippen LogP contribution in [0.3, 0.4) is 0 Å². The van der Waals surface area contributed by atoms with E-state index < -0.39 is 0 Å². The van der Waals surface area contributed by atoms with Gasteiger partial charge in [-0.05, 0) is 30.3 Å². The highest BCUT2D eigenvalue weighted by Crippen LogP contribution is 2.31. The number of halogens is 1. The third kappa shape index (κ3) is 3.22. The third-order valence-corrected chi connectivity index (χ3v) is 3.10. The molecular weight excluding hydrogens is 274 g/mol. The van der Waals surface area contributed by atoms with Gasteiger partial charge >= 0.3 is 0 Å². The highest BCUT2D eigenvalue weighted by atomic mass is 35.5. The molecule has 0 atom stereocenters. The summed E-state index contributed by atoms with van der Waals surface area (Å²) in [5.41, 5.74) is 7.03. The monoisotopic (exact) mass is 289 g/mol. The van der Waals surface area contributed by atoms with Crippen molar-refractivity contribution >= 4 is 23.1 Å². The Balaban J connectivity index is 2.26. The van der Waals surface area contributed by atoms with Crippen molar-refractivity contribution < 1.29 is 4.74 Å². The van der Waals surface area contributed by atoms with Crippen molar-refractivity contribution in [3.63, 3.8) is 0 Å². The number of hydrogen-bond acceptors (Lipinski definition) is 3. The van der Waals surface area contributed by atoms with Crippen LogP contribution in [-0.4, -0.2) is 19.9 Å². The summed E-state index contributed by atoms with van der Waals surface area (Å²) in [6.45, 7) is 0. The molecule has 0 bridgehead atoms. The summed E-state index contributed by atoms with van der Waals surface area (Å²) in [5, 5.41) is 7.80.